The van der Waals surface area contributed by atoms with E-state index in [0.717, 1.165) is 0 Å². The summed E-state index contributed by atoms with van der Waals surface area (Å²) in [7, 11) is 0. The molecule has 0 saturated heterocycles. The molecule has 0 bridgehead atoms. The molecule has 0 spiro atoms. The molecule has 0 rings (SSSR count). The van der Waals surface area contributed by atoms with E-state index in [2.05, 4.69) is 0 Å². The van der Waals surface area contributed by atoms with E-state index in [1.54, 1.807) is 0 Å². The molecule has 0 unspecified atom stereocenters. The predicted molar refractivity (Wildman–Crippen MR) is 9.37 cm³/mol. The summed E-state index contributed by atoms with van der Waals surface area (Å²) in [6, 6.07) is 0. The van der Waals surface area contributed by atoms with Crippen LogP contribution in [0, 0.1) is 35.6 Å². The zero-order valence-corrected chi connectivity index (χ0v) is 8.48. The molecule has 0 atom stereocenters. The van der Waals surface area contributed by atoms with Gasteiger partial charge < -0.3 is 5.48 Å². The first-order valence-electron chi connectivity index (χ1n) is 0. The molecule has 0 aromatic carbocycles. The standard InChI is InChI=1S/As.Fe.La.H2O/h;;;1H2. The summed E-state index contributed by atoms with van der Waals surface area (Å²) in [4.78, 5) is 0. The number of hydrogen-bond donors (Lipinski definition) is 0. The van der Waals surface area contributed by atoms with Crippen molar-refractivity contribution in [1.29, 1.82) is 0 Å². The van der Waals surface area contributed by atoms with Gasteiger partial charge in [0.05, 0.1) is 0 Å². The van der Waals surface area contributed by atoms with E-state index in [9.17, 15) is 0 Å². The van der Waals surface area contributed by atoms with E-state index in [4.69, 9.17) is 0 Å². The Morgan fingerprint density at radius 2 is 1.00 bits per heavy atom. The summed E-state index contributed by atoms with van der Waals surface area (Å²) in [6.45, 7) is 0. The molecule has 0 aliphatic heterocycles. The molecular formula is H2AsFeLaO. The molecule has 0 aliphatic carbocycles. The van der Waals surface area contributed by atoms with E-state index < -0.39 is 0 Å². The fourth-order valence-electron chi connectivity index (χ4n) is 0. The van der Waals surface area contributed by atoms with Crippen LogP contribution >= 0.6 is 0 Å². The van der Waals surface area contributed by atoms with Crippen LogP contribution in [0.1, 0.15) is 0 Å². The molecule has 4 radical (unpaired) electrons. The van der Waals surface area contributed by atoms with Gasteiger partial charge in [-0.2, -0.15) is 0 Å². The minimum absolute atomic E-state index is 0. The fourth-order valence-corrected chi connectivity index (χ4v) is 0. The van der Waals surface area contributed by atoms with Crippen molar-refractivity contribution in [3.05, 3.63) is 0 Å². The normalized spacial score (nSPS) is 0. The van der Waals surface area contributed by atoms with Crippen LogP contribution < -0.4 is 0 Å². The second-order valence-electron chi connectivity index (χ2n) is 0. The van der Waals surface area contributed by atoms with Crippen molar-refractivity contribution in [3.63, 3.8) is 0 Å². The van der Waals surface area contributed by atoms with E-state index >= 15 is 0 Å². The summed E-state index contributed by atoms with van der Waals surface area (Å²) in [5, 5.41) is 0. The Labute approximate surface area is 75.0 Å². The van der Waals surface area contributed by atoms with Gasteiger partial charge in [-0.15, -0.1) is 0 Å². The predicted octanol–water partition coefficient (Wildman–Crippen LogP) is -1.21. The topological polar surface area (TPSA) is 31.5 Å². The smallest absolute Gasteiger partial charge is 0 e. The molecule has 2 N–H and O–H groups in total. The first-order valence-corrected chi connectivity index (χ1v) is 0. The Balaban J connectivity index is 0. The monoisotopic (exact) mass is 288 g/mol. The molecule has 0 fully saturated rings. The first kappa shape index (κ1) is 34.2. The van der Waals surface area contributed by atoms with E-state index in [1.165, 1.54) is 0 Å². The van der Waals surface area contributed by atoms with Crippen LogP contribution in [0.25, 0.3) is 0 Å². The second-order valence-corrected chi connectivity index (χ2v) is 0. The van der Waals surface area contributed by atoms with Crippen LogP contribution in [-0.2, 0) is 17.1 Å². The van der Waals surface area contributed by atoms with Crippen LogP contribution in [0.5, 0.6) is 0 Å². The van der Waals surface area contributed by atoms with Gasteiger partial charge in [0.2, 0.25) is 0 Å². The van der Waals surface area contributed by atoms with E-state index in [0.29, 0.717) is 0 Å². The zero-order valence-electron chi connectivity index (χ0n) is 1.88. The summed E-state index contributed by atoms with van der Waals surface area (Å²) in [6.07, 6.45) is 0. The summed E-state index contributed by atoms with van der Waals surface area (Å²) < 4.78 is 0. The Morgan fingerprint density at radius 3 is 1.00 bits per heavy atom. The van der Waals surface area contributed by atoms with Crippen LogP contribution in [0.3, 0.4) is 0 Å². The Kier molecular flexibility index (Phi) is 161. The van der Waals surface area contributed by atoms with Gasteiger partial charge >= 0.3 is 0 Å². The minimum atomic E-state index is 0. The second kappa shape index (κ2) is 18.8. The van der Waals surface area contributed by atoms with Gasteiger partial charge in [0.1, 0.15) is 0 Å². The van der Waals surface area contributed by atoms with E-state index in [-0.39, 0.29) is 76.1 Å². The molecule has 4 heavy (non-hydrogen) atoms. The van der Waals surface area contributed by atoms with Crippen molar-refractivity contribution in [2.45, 2.75) is 0 Å². The Hall–Kier alpha value is 2.23. The molecule has 1 nitrogen and oxygen atoms in total. The maximum atomic E-state index is 0. The molecule has 0 amide bonds. The fraction of sp³-hybridized carbons (Fsp3) is 0. The van der Waals surface area contributed by atoms with Gasteiger partial charge in [0.25, 0.3) is 0 Å². The molecule has 0 saturated carbocycles. The number of hydrogen-bond acceptors (Lipinski definition) is 0. The maximum absolute atomic E-state index is 0. The van der Waals surface area contributed by atoms with Crippen LogP contribution in [0.4, 0.5) is 0 Å². The third-order valence-electron chi connectivity index (χ3n) is 0. The van der Waals surface area contributed by atoms with Gasteiger partial charge in [-0.25, -0.2) is 0 Å². The van der Waals surface area contributed by atoms with Crippen molar-refractivity contribution in [2.75, 3.05) is 0 Å². The molecule has 0 aromatic rings. The summed E-state index contributed by atoms with van der Waals surface area (Å²) in [5.74, 6) is 0. The Bertz CT molecular complexity index is 8.00. The summed E-state index contributed by atoms with van der Waals surface area (Å²) in [5.41, 5.74) is 0. The number of rotatable bonds is 0. The van der Waals surface area contributed by atoms with Gasteiger partial charge in [0, 0.05) is 70.6 Å². The van der Waals surface area contributed by atoms with Crippen LogP contribution in [0.15, 0.2) is 0 Å². The van der Waals surface area contributed by atoms with Crippen LogP contribution in [0.2, 0.25) is 0 Å². The molecular weight excluding hydrogens is 286 g/mol. The third-order valence-corrected chi connectivity index (χ3v) is 0. The van der Waals surface area contributed by atoms with Gasteiger partial charge in [0.15, 0.2) is 0 Å². The molecule has 24 valence electrons. The van der Waals surface area contributed by atoms with Crippen molar-refractivity contribution < 1.29 is 58.1 Å². The first-order chi connectivity index (χ1) is 0. The zero-order chi connectivity index (χ0) is 0. The van der Waals surface area contributed by atoms with Gasteiger partial charge in [-0.05, 0) is 0 Å². The average molecular weight is 288 g/mol. The molecule has 0 aromatic heterocycles. The Morgan fingerprint density at radius 1 is 1.00 bits per heavy atom. The average Bonchev–Trinajstić information content (AvgIpc) is 0. The third kappa shape index (κ3) is 8.87. The summed E-state index contributed by atoms with van der Waals surface area (Å²) >= 11 is 0. The quantitative estimate of drug-likeness (QED) is 0.501. The molecule has 0 aliphatic rings. The van der Waals surface area contributed by atoms with E-state index in [1.807, 2.05) is 0 Å². The van der Waals surface area contributed by atoms with Crippen molar-refractivity contribution >= 4 is 18.0 Å². The van der Waals surface area contributed by atoms with Gasteiger partial charge in [-0.1, -0.05) is 0 Å². The minimum Gasteiger partial charge on any atom is -0.412 e. The molecule has 4 heteroatoms. The molecule has 0 heterocycles. The van der Waals surface area contributed by atoms with Crippen molar-refractivity contribution in [3.8, 4) is 0 Å². The van der Waals surface area contributed by atoms with Crippen LogP contribution in [-0.4, -0.2) is 23.4 Å². The maximum Gasteiger partial charge on any atom is 0 e. The van der Waals surface area contributed by atoms with Gasteiger partial charge in [-0.3, -0.25) is 0 Å². The SMILES string of the molecule is O.[As].[Fe].[La]. The van der Waals surface area contributed by atoms with Crippen molar-refractivity contribution in [1.82, 2.24) is 0 Å². The largest absolute Gasteiger partial charge is 0.412 e. The van der Waals surface area contributed by atoms with Crippen molar-refractivity contribution in [2.24, 2.45) is 0 Å².